The second kappa shape index (κ2) is 6.39. The SMILES string of the molecule is CCNCC(C)(CC)Oc1cccc(S(C)(=O)=O)c1. The topological polar surface area (TPSA) is 55.4 Å². The average Bonchev–Trinajstić information content (AvgIpc) is 2.36. The van der Waals surface area contributed by atoms with E-state index in [1.807, 2.05) is 13.8 Å². The maximum atomic E-state index is 11.5. The molecule has 5 heteroatoms. The third-order valence-corrected chi connectivity index (χ3v) is 4.20. The summed E-state index contributed by atoms with van der Waals surface area (Å²) in [5.74, 6) is 0.588. The lowest BCUT2D eigenvalue weighted by Crippen LogP contribution is -2.42. The molecular weight excluding hydrogens is 262 g/mol. The van der Waals surface area contributed by atoms with Crippen LogP contribution in [0.1, 0.15) is 27.2 Å². The molecule has 1 unspecified atom stereocenters. The first-order chi connectivity index (χ1) is 8.80. The Bertz CT molecular complexity index is 513. The van der Waals surface area contributed by atoms with Crippen LogP contribution in [0, 0.1) is 0 Å². The fourth-order valence-corrected chi connectivity index (χ4v) is 2.33. The molecule has 108 valence electrons. The van der Waals surface area contributed by atoms with Crippen molar-refractivity contribution in [2.45, 2.75) is 37.7 Å². The minimum absolute atomic E-state index is 0.284. The minimum atomic E-state index is -3.20. The minimum Gasteiger partial charge on any atom is -0.486 e. The van der Waals surface area contributed by atoms with E-state index in [4.69, 9.17) is 4.74 Å². The number of rotatable bonds is 7. The standard InChI is InChI=1S/C14H23NO3S/c1-5-14(3,11-15-6-2)18-12-8-7-9-13(10-12)19(4,16)17/h7-10,15H,5-6,11H2,1-4H3. The predicted molar refractivity (Wildman–Crippen MR) is 77.4 cm³/mol. The lowest BCUT2D eigenvalue weighted by molar-refractivity contribution is 0.0839. The number of ether oxygens (including phenoxy) is 1. The summed E-state index contributed by atoms with van der Waals surface area (Å²) in [6.45, 7) is 7.71. The van der Waals surface area contributed by atoms with Gasteiger partial charge in [-0.05, 0) is 38.1 Å². The molecule has 1 rings (SSSR count). The summed E-state index contributed by atoms with van der Waals surface area (Å²) in [4.78, 5) is 0.284. The Morgan fingerprint density at radius 3 is 2.53 bits per heavy atom. The molecule has 1 atom stereocenters. The van der Waals surface area contributed by atoms with E-state index in [0.717, 1.165) is 19.5 Å². The van der Waals surface area contributed by atoms with Crippen molar-refractivity contribution < 1.29 is 13.2 Å². The van der Waals surface area contributed by atoms with E-state index in [0.29, 0.717) is 5.75 Å². The maximum absolute atomic E-state index is 11.5. The monoisotopic (exact) mass is 285 g/mol. The van der Waals surface area contributed by atoms with Crippen LogP contribution >= 0.6 is 0 Å². The Kier molecular flexibility index (Phi) is 5.38. The van der Waals surface area contributed by atoms with Crippen molar-refractivity contribution in [3.8, 4) is 5.75 Å². The molecular formula is C14H23NO3S. The predicted octanol–water partition coefficient (Wildman–Crippen LogP) is 2.25. The second-order valence-electron chi connectivity index (χ2n) is 4.93. The molecule has 19 heavy (non-hydrogen) atoms. The Hall–Kier alpha value is -1.07. The molecule has 0 amide bonds. The molecule has 0 aliphatic rings. The second-order valence-corrected chi connectivity index (χ2v) is 6.95. The van der Waals surface area contributed by atoms with Crippen molar-refractivity contribution in [3.05, 3.63) is 24.3 Å². The first-order valence-electron chi connectivity index (χ1n) is 6.50. The van der Waals surface area contributed by atoms with Gasteiger partial charge in [-0.2, -0.15) is 0 Å². The summed E-state index contributed by atoms with van der Waals surface area (Å²) < 4.78 is 29.0. The highest BCUT2D eigenvalue weighted by molar-refractivity contribution is 7.90. The fraction of sp³-hybridized carbons (Fsp3) is 0.571. The van der Waals surface area contributed by atoms with Crippen LogP contribution in [0.5, 0.6) is 5.75 Å². The van der Waals surface area contributed by atoms with E-state index in [-0.39, 0.29) is 10.5 Å². The number of sulfone groups is 1. The van der Waals surface area contributed by atoms with E-state index in [1.165, 1.54) is 6.26 Å². The summed E-state index contributed by atoms with van der Waals surface area (Å²) in [6.07, 6.45) is 2.03. The largest absolute Gasteiger partial charge is 0.486 e. The van der Waals surface area contributed by atoms with E-state index >= 15 is 0 Å². The molecule has 1 N–H and O–H groups in total. The van der Waals surface area contributed by atoms with Gasteiger partial charge in [-0.25, -0.2) is 8.42 Å². The van der Waals surface area contributed by atoms with Crippen molar-refractivity contribution in [1.82, 2.24) is 5.32 Å². The van der Waals surface area contributed by atoms with E-state index in [2.05, 4.69) is 12.2 Å². The summed E-state index contributed by atoms with van der Waals surface area (Å²) in [6, 6.07) is 6.65. The number of likely N-dealkylation sites (N-methyl/N-ethyl adjacent to an activating group) is 1. The maximum Gasteiger partial charge on any atom is 0.175 e. The first-order valence-corrected chi connectivity index (χ1v) is 8.40. The molecule has 0 aliphatic carbocycles. The lowest BCUT2D eigenvalue weighted by atomic mass is 10.0. The molecule has 0 spiro atoms. The number of hydrogen-bond acceptors (Lipinski definition) is 4. The average molecular weight is 285 g/mol. The van der Waals surface area contributed by atoms with Gasteiger partial charge in [-0.1, -0.05) is 19.9 Å². The van der Waals surface area contributed by atoms with E-state index < -0.39 is 9.84 Å². The zero-order valence-electron chi connectivity index (χ0n) is 12.1. The van der Waals surface area contributed by atoms with E-state index in [9.17, 15) is 8.42 Å². The van der Waals surface area contributed by atoms with Crippen molar-refractivity contribution in [1.29, 1.82) is 0 Å². The van der Waals surface area contributed by atoms with Crippen LogP contribution in [0.25, 0.3) is 0 Å². The van der Waals surface area contributed by atoms with Gasteiger partial charge in [0, 0.05) is 12.8 Å². The highest BCUT2D eigenvalue weighted by atomic mass is 32.2. The Morgan fingerprint density at radius 2 is 2.00 bits per heavy atom. The summed E-state index contributed by atoms with van der Waals surface area (Å²) in [7, 11) is -3.20. The molecule has 0 fully saturated rings. The summed E-state index contributed by atoms with van der Waals surface area (Å²) in [5, 5.41) is 3.26. The van der Waals surface area contributed by atoms with Gasteiger partial charge in [-0.15, -0.1) is 0 Å². The number of nitrogens with one attached hydrogen (secondary N) is 1. The van der Waals surface area contributed by atoms with Crippen LogP contribution in [0.15, 0.2) is 29.2 Å². The zero-order valence-corrected chi connectivity index (χ0v) is 12.9. The normalized spacial score (nSPS) is 14.9. The van der Waals surface area contributed by atoms with Crippen LogP contribution in [0.2, 0.25) is 0 Å². The van der Waals surface area contributed by atoms with Crippen LogP contribution in [0.3, 0.4) is 0 Å². The molecule has 0 saturated heterocycles. The summed E-state index contributed by atoms with van der Waals surface area (Å²) in [5.41, 5.74) is -0.341. The third-order valence-electron chi connectivity index (χ3n) is 3.09. The zero-order chi connectivity index (χ0) is 14.5. The highest BCUT2D eigenvalue weighted by Crippen LogP contribution is 2.23. The third kappa shape index (κ3) is 4.84. The van der Waals surface area contributed by atoms with Crippen molar-refractivity contribution in [2.75, 3.05) is 19.3 Å². The van der Waals surface area contributed by atoms with Gasteiger partial charge >= 0.3 is 0 Å². The molecule has 0 aromatic heterocycles. The molecule has 0 radical (unpaired) electrons. The van der Waals surface area contributed by atoms with Gasteiger partial charge in [0.25, 0.3) is 0 Å². The first kappa shape index (κ1) is 16.0. The molecule has 1 aromatic carbocycles. The van der Waals surface area contributed by atoms with Gasteiger partial charge in [0.15, 0.2) is 9.84 Å². The van der Waals surface area contributed by atoms with Crippen LogP contribution in [-0.4, -0.2) is 33.4 Å². The summed E-state index contributed by atoms with van der Waals surface area (Å²) >= 11 is 0. The number of hydrogen-bond donors (Lipinski definition) is 1. The van der Waals surface area contributed by atoms with Gasteiger partial charge < -0.3 is 10.1 Å². The van der Waals surface area contributed by atoms with Crippen molar-refractivity contribution in [3.63, 3.8) is 0 Å². The molecule has 0 heterocycles. The van der Waals surface area contributed by atoms with Crippen molar-refractivity contribution >= 4 is 9.84 Å². The van der Waals surface area contributed by atoms with Gasteiger partial charge in [0.1, 0.15) is 11.4 Å². The van der Waals surface area contributed by atoms with Crippen LogP contribution in [0.4, 0.5) is 0 Å². The highest BCUT2D eigenvalue weighted by Gasteiger charge is 2.24. The molecule has 0 bridgehead atoms. The van der Waals surface area contributed by atoms with E-state index in [1.54, 1.807) is 24.3 Å². The lowest BCUT2D eigenvalue weighted by Gasteiger charge is -2.30. The Morgan fingerprint density at radius 1 is 1.32 bits per heavy atom. The molecule has 4 nitrogen and oxygen atoms in total. The molecule has 1 aromatic rings. The molecule has 0 saturated carbocycles. The Balaban J connectivity index is 2.92. The van der Waals surface area contributed by atoms with Gasteiger partial charge in [-0.3, -0.25) is 0 Å². The van der Waals surface area contributed by atoms with Crippen LogP contribution in [-0.2, 0) is 9.84 Å². The smallest absolute Gasteiger partial charge is 0.175 e. The molecule has 0 aliphatic heterocycles. The quantitative estimate of drug-likeness (QED) is 0.835. The van der Waals surface area contributed by atoms with Gasteiger partial charge in [0.05, 0.1) is 4.90 Å². The number of benzene rings is 1. The van der Waals surface area contributed by atoms with Crippen molar-refractivity contribution in [2.24, 2.45) is 0 Å². The fourth-order valence-electron chi connectivity index (χ4n) is 1.68. The Labute approximate surface area is 116 Å². The van der Waals surface area contributed by atoms with Gasteiger partial charge in [0.2, 0.25) is 0 Å². The van der Waals surface area contributed by atoms with Crippen LogP contribution < -0.4 is 10.1 Å².